The van der Waals surface area contributed by atoms with E-state index >= 15 is 0 Å². The highest BCUT2D eigenvalue weighted by molar-refractivity contribution is 5.95. The number of carbonyl (C=O) groups is 2. The third-order valence-corrected chi connectivity index (χ3v) is 3.91. The Morgan fingerprint density at radius 2 is 2.05 bits per heavy atom. The molecule has 2 aliphatic heterocycles. The van der Waals surface area contributed by atoms with Gasteiger partial charge in [-0.1, -0.05) is 6.07 Å². The Bertz CT molecular complexity index is 541. The van der Waals surface area contributed by atoms with Crippen molar-refractivity contribution in [3.05, 3.63) is 34.9 Å². The smallest absolute Gasteiger partial charge is 0.308 e. The minimum atomic E-state index is -0.812. The quantitative estimate of drug-likeness (QED) is 0.826. The van der Waals surface area contributed by atoms with Crippen LogP contribution in [0.15, 0.2) is 18.2 Å². The lowest BCUT2D eigenvalue weighted by Gasteiger charge is -2.16. The van der Waals surface area contributed by atoms with Gasteiger partial charge in [-0.3, -0.25) is 9.59 Å². The summed E-state index contributed by atoms with van der Waals surface area (Å²) in [5.74, 6) is -1.29. The average molecular weight is 260 g/mol. The second kappa shape index (κ2) is 4.66. The molecule has 0 radical (unpaired) electrons. The maximum atomic E-state index is 12.3. The van der Waals surface area contributed by atoms with E-state index < -0.39 is 11.9 Å². The molecule has 2 N–H and O–H groups in total. The van der Waals surface area contributed by atoms with Crippen molar-refractivity contribution in [3.8, 4) is 0 Å². The van der Waals surface area contributed by atoms with Gasteiger partial charge >= 0.3 is 5.97 Å². The molecule has 0 saturated carbocycles. The second-order valence-corrected chi connectivity index (χ2v) is 5.16. The van der Waals surface area contributed by atoms with E-state index in [4.69, 9.17) is 5.11 Å². The zero-order valence-corrected chi connectivity index (χ0v) is 10.6. The molecule has 100 valence electrons. The molecule has 5 heteroatoms. The van der Waals surface area contributed by atoms with Crippen LogP contribution < -0.4 is 5.32 Å². The molecule has 1 saturated heterocycles. The molecular formula is C14H16N2O3. The predicted octanol–water partition coefficient (Wildman–Crippen LogP) is 0.837. The van der Waals surface area contributed by atoms with E-state index in [0.717, 1.165) is 13.1 Å². The third-order valence-electron chi connectivity index (χ3n) is 3.91. The van der Waals surface area contributed by atoms with Crippen LogP contribution in [0.5, 0.6) is 0 Å². The number of amides is 1. The van der Waals surface area contributed by atoms with Crippen LogP contribution in [-0.2, 0) is 17.9 Å². The molecule has 3 rings (SSSR count). The fraction of sp³-hybridized carbons (Fsp3) is 0.429. The van der Waals surface area contributed by atoms with Crippen LogP contribution in [0.4, 0.5) is 0 Å². The molecule has 1 fully saturated rings. The average Bonchev–Trinajstić information content (AvgIpc) is 3.06. The maximum Gasteiger partial charge on any atom is 0.308 e. The van der Waals surface area contributed by atoms with Crippen molar-refractivity contribution in [1.82, 2.24) is 10.2 Å². The van der Waals surface area contributed by atoms with Crippen molar-refractivity contribution >= 4 is 11.9 Å². The number of carboxylic acid groups (broad SMARTS) is 1. The molecule has 0 aliphatic carbocycles. The first kappa shape index (κ1) is 12.2. The van der Waals surface area contributed by atoms with Gasteiger partial charge in [0, 0.05) is 31.7 Å². The first-order valence-corrected chi connectivity index (χ1v) is 6.50. The van der Waals surface area contributed by atoms with Gasteiger partial charge in [0.25, 0.3) is 5.91 Å². The number of aliphatic carboxylic acids is 1. The van der Waals surface area contributed by atoms with Crippen LogP contribution in [0, 0.1) is 5.92 Å². The van der Waals surface area contributed by atoms with E-state index in [0.29, 0.717) is 25.1 Å². The summed E-state index contributed by atoms with van der Waals surface area (Å²) in [6, 6.07) is 5.74. The molecule has 1 atom stereocenters. The fourth-order valence-electron chi connectivity index (χ4n) is 2.76. The molecule has 0 bridgehead atoms. The van der Waals surface area contributed by atoms with Gasteiger partial charge < -0.3 is 15.3 Å². The number of fused-ring (bicyclic) bond motifs is 1. The highest BCUT2D eigenvalue weighted by Gasteiger charge is 2.31. The number of carbonyl (C=O) groups excluding carboxylic acids is 1. The van der Waals surface area contributed by atoms with Gasteiger partial charge in [-0.25, -0.2) is 0 Å². The number of nitrogens with zero attached hydrogens (tertiary/aromatic N) is 1. The summed E-state index contributed by atoms with van der Waals surface area (Å²) in [5, 5.41) is 12.2. The van der Waals surface area contributed by atoms with E-state index in [-0.39, 0.29) is 5.91 Å². The van der Waals surface area contributed by atoms with Crippen molar-refractivity contribution < 1.29 is 14.7 Å². The molecule has 19 heavy (non-hydrogen) atoms. The van der Waals surface area contributed by atoms with Crippen molar-refractivity contribution in [2.75, 3.05) is 13.1 Å². The number of carboxylic acids is 1. The minimum Gasteiger partial charge on any atom is -0.481 e. The van der Waals surface area contributed by atoms with E-state index in [1.54, 1.807) is 4.90 Å². The Labute approximate surface area is 111 Å². The van der Waals surface area contributed by atoms with Gasteiger partial charge in [0.15, 0.2) is 0 Å². The van der Waals surface area contributed by atoms with E-state index in [1.165, 1.54) is 11.1 Å². The normalized spacial score (nSPS) is 21.5. The first-order valence-electron chi connectivity index (χ1n) is 6.50. The van der Waals surface area contributed by atoms with Crippen LogP contribution in [0.3, 0.4) is 0 Å². The molecule has 0 spiro atoms. The number of rotatable bonds is 2. The van der Waals surface area contributed by atoms with Crippen LogP contribution in [0.2, 0.25) is 0 Å². The van der Waals surface area contributed by atoms with Gasteiger partial charge in [-0.15, -0.1) is 0 Å². The van der Waals surface area contributed by atoms with Crippen LogP contribution in [0.1, 0.15) is 27.9 Å². The number of benzene rings is 1. The molecular weight excluding hydrogens is 244 g/mol. The fourth-order valence-corrected chi connectivity index (χ4v) is 2.76. The summed E-state index contributed by atoms with van der Waals surface area (Å²) in [7, 11) is 0. The van der Waals surface area contributed by atoms with Crippen molar-refractivity contribution in [1.29, 1.82) is 0 Å². The summed E-state index contributed by atoms with van der Waals surface area (Å²) >= 11 is 0. The largest absolute Gasteiger partial charge is 0.481 e. The second-order valence-electron chi connectivity index (χ2n) is 5.16. The first-order chi connectivity index (χ1) is 9.15. The van der Waals surface area contributed by atoms with Crippen LogP contribution in [0.25, 0.3) is 0 Å². The summed E-state index contributed by atoms with van der Waals surface area (Å²) in [5.41, 5.74) is 3.06. The topological polar surface area (TPSA) is 69.6 Å². The number of nitrogens with one attached hydrogen (secondary N) is 1. The molecule has 1 amide bonds. The molecule has 1 unspecified atom stereocenters. The molecule has 1 aromatic rings. The highest BCUT2D eigenvalue weighted by Crippen LogP contribution is 2.22. The minimum absolute atomic E-state index is 0.0570. The zero-order chi connectivity index (χ0) is 13.4. The lowest BCUT2D eigenvalue weighted by Crippen LogP contribution is -2.30. The van der Waals surface area contributed by atoms with Gasteiger partial charge in [0.2, 0.25) is 0 Å². The summed E-state index contributed by atoms with van der Waals surface area (Å²) < 4.78 is 0. The Balaban J connectivity index is 1.76. The van der Waals surface area contributed by atoms with Crippen LogP contribution >= 0.6 is 0 Å². The molecule has 5 nitrogen and oxygen atoms in total. The van der Waals surface area contributed by atoms with Gasteiger partial charge in [-0.05, 0) is 29.7 Å². The summed E-state index contributed by atoms with van der Waals surface area (Å²) in [4.78, 5) is 24.9. The summed E-state index contributed by atoms with van der Waals surface area (Å²) in [6.45, 7) is 2.51. The number of likely N-dealkylation sites (tertiary alicyclic amines) is 1. The number of hydrogen-bond acceptors (Lipinski definition) is 3. The predicted molar refractivity (Wildman–Crippen MR) is 68.6 cm³/mol. The Hall–Kier alpha value is -1.88. The standard InChI is InChI=1S/C14H16N2O3/c17-13(16-4-3-11(8-16)14(18)19)9-1-2-10-6-15-7-12(10)5-9/h1-2,5,11,15H,3-4,6-8H2,(H,18,19). The SMILES string of the molecule is O=C(O)C1CCN(C(=O)c2ccc3c(c2)CNC3)C1. The van der Waals surface area contributed by atoms with E-state index in [2.05, 4.69) is 5.32 Å². The summed E-state index contributed by atoms with van der Waals surface area (Å²) in [6.07, 6.45) is 0.549. The van der Waals surface area contributed by atoms with Gasteiger partial charge in [0.1, 0.15) is 0 Å². The number of hydrogen-bond donors (Lipinski definition) is 2. The molecule has 0 aromatic heterocycles. The highest BCUT2D eigenvalue weighted by atomic mass is 16.4. The van der Waals surface area contributed by atoms with Gasteiger partial charge in [0.05, 0.1) is 5.92 Å². The third kappa shape index (κ3) is 2.21. The zero-order valence-electron chi connectivity index (χ0n) is 10.6. The van der Waals surface area contributed by atoms with Crippen molar-refractivity contribution in [2.24, 2.45) is 5.92 Å². The molecule has 2 aliphatic rings. The monoisotopic (exact) mass is 260 g/mol. The lowest BCUT2D eigenvalue weighted by molar-refractivity contribution is -0.141. The van der Waals surface area contributed by atoms with Crippen molar-refractivity contribution in [3.63, 3.8) is 0 Å². The maximum absolute atomic E-state index is 12.3. The lowest BCUT2D eigenvalue weighted by atomic mass is 10.1. The Kier molecular flexibility index (Phi) is 2.98. The molecule has 1 aromatic carbocycles. The Morgan fingerprint density at radius 3 is 2.79 bits per heavy atom. The van der Waals surface area contributed by atoms with Crippen LogP contribution in [-0.4, -0.2) is 35.0 Å². The Morgan fingerprint density at radius 1 is 1.26 bits per heavy atom. The van der Waals surface area contributed by atoms with E-state index in [9.17, 15) is 9.59 Å². The van der Waals surface area contributed by atoms with Gasteiger partial charge in [-0.2, -0.15) is 0 Å². The molecule has 2 heterocycles. The van der Waals surface area contributed by atoms with E-state index in [1.807, 2.05) is 18.2 Å². The van der Waals surface area contributed by atoms with Crippen molar-refractivity contribution in [2.45, 2.75) is 19.5 Å².